The molecule has 0 aliphatic rings. The lowest BCUT2D eigenvalue weighted by molar-refractivity contribution is 0.483. The van der Waals surface area contributed by atoms with Crippen molar-refractivity contribution in [2.75, 3.05) is 0 Å². The first-order valence-corrected chi connectivity index (χ1v) is 8.31. The van der Waals surface area contributed by atoms with Crippen molar-refractivity contribution >= 4 is 38.0 Å². The van der Waals surface area contributed by atoms with Crippen LogP contribution in [0, 0.1) is 5.53 Å². The third-order valence-corrected chi connectivity index (χ3v) is 4.24. The topological polar surface area (TPSA) is 115 Å². The predicted molar refractivity (Wildman–Crippen MR) is 89.2 cm³/mol. The van der Waals surface area contributed by atoms with Gasteiger partial charge in [-0.3, -0.25) is 4.55 Å². The highest BCUT2D eigenvalue weighted by Crippen LogP contribution is 2.34. The van der Waals surface area contributed by atoms with Crippen LogP contribution in [0.2, 0.25) is 0 Å². The molecule has 0 aliphatic carbocycles. The first-order valence-electron chi connectivity index (χ1n) is 6.87. The van der Waals surface area contributed by atoms with E-state index in [0.717, 1.165) is 10.8 Å². The Bertz CT molecular complexity index is 1060. The molecule has 8 heteroatoms. The van der Waals surface area contributed by atoms with Gasteiger partial charge in [-0.15, -0.1) is 5.11 Å². The average molecular weight is 340 g/mol. The monoisotopic (exact) mass is 340 g/mol. The van der Waals surface area contributed by atoms with Gasteiger partial charge in [0.1, 0.15) is 0 Å². The maximum absolute atomic E-state index is 11.2. The molecule has 0 heterocycles. The number of hydrogen-bond acceptors (Lipinski definition) is 6. The molecule has 0 unspecified atom stereocenters. The molecule has 0 fully saturated rings. The van der Waals surface area contributed by atoms with Crippen molar-refractivity contribution in [2.24, 2.45) is 15.3 Å². The van der Waals surface area contributed by atoms with E-state index in [4.69, 9.17) is 10.1 Å². The van der Waals surface area contributed by atoms with Gasteiger partial charge in [-0.1, -0.05) is 30.3 Å². The predicted octanol–water partition coefficient (Wildman–Crippen LogP) is 5.16. The van der Waals surface area contributed by atoms with E-state index in [1.54, 1.807) is 18.2 Å². The van der Waals surface area contributed by atoms with E-state index in [9.17, 15) is 8.42 Å². The molecule has 0 aliphatic heterocycles. The molecule has 0 aromatic heterocycles. The zero-order valence-corrected chi connectivity index (χ0v) is 13.1. The van der Waals surface area contributed by atoms with Gasteiger partial charge in [0.05, 0.1) is 22.0 Å². The molecule has 0 saturated carbocycles. The Morgan fingerprint density at radius 1 is 0.833 bits per heavy atom. The fourth-order valence-corrected chi connectivity index (χ4v) is 2.79. The molecule has 0 radical (unpaired) electrons. The summed E-state index contributed by atoms with van der Waals surface area (Å²) >= 11 is 0. The van der Waals surface area contributed by atoms with Crippen molar-refractivity contribution in [3.8, 4) is 0 Å². The highest BCUT2D eigenvalue weighted by Gasteiger charge is 2.09. The number of hydrogen-bond donors (Lipinski definition) is 2. The Morgan fingerprint density at radius 3 is 2.17 bits per heavy atom. The minimum absolute atomic E-state index is 0.243. The van der Waals surface area contributed by atoms with Crippen LogP contribution in [0.1, 0.15) is 0 Å². The molecule has 120 valence electrons. The third kappa shape index (κ3) is 3.19. The Kier molecular flexibility index (Phi) is 4.15. The van der Waals surface area contributed by atoms with Crippen molar-refractivity contribution in [1.29, 1.82) is 5.53 Å². The lowest BCUT2D eigenvalue weighted by atomic mass is 10.1. The summed E-state index contributed by atoms with van der Waals surface area (Å²) in [6, 6.07) is 16.3. The van der Waals surface area contributed by atoms with Crippen molar-refractivity contribution in [2.45, 2.75) is 4.90 Å². The summed E-state index contributed by atoms with van der Waals surface area (Å²) in [6.07, 6.45) is 0. The fourth-order valence-electron chi connectivity index (χ4n) is 2.27. The van der Waals surface area contributed by atoms with E-state index in [-0.39, 0.29) is 4.90 Å². The number of fused-ring (bicyclic) bond motifs is 1. The normalized spacial score (nSPS) is 11.9. The summed E-state index contributed by atoms with van der Waals surface area (Å²) < 4.78 is 31.4. The first kappa shape index (κ1) is 15.9. The maximum atomic E-state index is 11.2. The smallest absolute Gasteiger partial charge is 0.282 e. The molecule has 7 nitrogen and oxygen atoms in total. The summed E-state index contributed by atoms with van der Waals surface area (Å²) in [4.78, 5) is -0.243. The second kappa shape index (κ2) is 6.26. The van der Waals surface area contributed by atoms with Gasteiger partial charge in [-0.2, -0.15) is 18.6 Å². The molecule has 0 bridgehead atoms. The van der Waals surface area contributed by atoms with Crippen LogP contribution in [0.25, 0.3) is 10.8 Å². The number of benzene rings is 3. The largest absolute Gasteiger partial charge is 0.294 e. The van der Waals surface area contributed by atoms with Crippen molar-refractivity contribution in [3.05, 3.63) is 60.7 Å². The summed E-state index contributed by atoms with van der Waals surface area (Å²) in [7, 11) is -4.29. The van der Waals surface area contributed by atoms with Gasteiger partial charge in [0, 0.05) is 10.8 Å². The number of nitrogens with one attached hydrogen (secondary N) is 1. The van der Waals surface area contributed by atoms with Crippen LogP contribution in [0.4, 0.5) is 17.1 Å². The zero-order valence-electron chi connectivity index (χ0n) is 12.3. The van der Waals surface area contributed by atoms with Crippen LogP contribution in [0.5, 0.6) is 0 Å². The van der Waals surface area contributed by atoms with Crippen LogP contribution in [0.15, 0.2) is 80.9 Å². The quantitative estimate of drug-likeness (QED) is 0.504. The van der Waals surface area contributed by atoms with Crippen molar-refractivity contribution in [3.63, 3.8) is 0 Å². The van der Waals surface area contributed by atoms with E-state index >= 15 is 0 Å². The number of azo groups is 1. The standard InChI is InChI=1S/C16H12N4O3S/c17-18-15-8-9-16(14-7-2-1-6-13(14)15)20-19-11-4-3-5-12(10-11)24(21,22)23/h1-10,17H,(H,21,22,23)/b18-17?,20-19+. The van der Waals surface area contributed by atoms with Gasteiger partial charge in [0.15, 0.2) is 0 Å². The van der Waals surface area contributed by atoms with Crippen LogP contribution in [0.3, 0.4) is 0 Å². The lowest BCUT2D eigenvalue weighted by Gasteiger charge is -2.03. The number of nitrogens with zero attached hydrogens (tertiary/aromatic N) is 3. The SMILES string of the molecule is N=Nc1ccc(/N=N/c2cccc(S(=O)(=O)O)c2)c2ccccc12. The molecule has 0 atom stereocenters. The van der Waals surface area contributed by atoms with Crippen LogP contribution < -0.4 is 0 Å². The Morgan fingerprint density at radius 2 is 1.50 bits per heavy atom. The highest BCUT2D eigenvalue weighted by atomic mass is 32.2. The molecular weight excluding hydrogens is 328 g/mol. The highest BCUT2D eigenvalue weighted by molar-refractivity contribution is 7.85. The minimum atomic E-state index is -4.29. The molecule has 24 heavy (non-hydrogen) atoms. The van der Waals surface area contributed by atoms with Gasteiger partial charge in [-0.25, -0.2) is 5.53 Å². The molecule has 3 aromatic rings. The van der Waals surface area contributed by atoms with E-state index < -0.39 is 10.1 Å². The summed E-state index contributed by atoms with van der Waals surface area (Å²) in [5.74, 6) is 0. The second-order valence-electron chi connectivity index (χ2n) is 4.93. The third-order valence-electron chi connectivity index (χ3n) is 3.39. The van der Waals surface area contributed by atoms with Crippen LogP contribution in [-0.4, -0.2) is 13.0 Å². The zero-order chi connectivity index (χ0) is 17.2. The van der Waals surface area contributed by atoms with Crippen LogP contribution >= 0.6 is 0 Å². The molecule has 3 rings (SSSR count). The molecular formula is C16H12N4O3S. The fraction of sp³-hybridized carbons (Fsp3) is 0. The lowest BCUT2D eigenvalue weighted by Crippen LogP contribution is -1.96. The molecule has 0 amide bonds. The van der Waals surface area contributed by atoms with Crippen molar-refractivity contribution in [1.82, 2.24) is 0 Å². The van der Waals surface area contributed by atoms with E-state index in [2.05, 4.69) is 15.3 Å². The molecule has 2 N–H and O–H groups in total. The van der Waals surface area contributed by atoms with Crippen molar-refractivity contribution < 1.29 is 13.0 Å². The van der Waals surface area contributed by atoms with Gasteiger partial charge in [-0.05, 0) is 30.3 Å². The maximum Gasteiger partial charge on any atom is 0.294 e. The van der Waals surface area contributed by atoms with Gasteiger partial charge in [0.2, 0.25) is 0 Å². The Hall–Kier alpha value is -2.97. The molecule has 3 aromatic carbocycles. The summed E-state index contributed by atoms with van der Waals surface area (Å²) in [6.45, 7) is 0. The second-order valence-corrected chi connectivity index (χ2v) is 6.36. The molecule has 0 spiro atoms. The minimum Gasteiger partial charge on any atom is -0.282 e. The first-order chi connectivity index (χ1) is 11.5. The summed E-state index contributed by atoms with van der Waals surface area (Å²) in [5.41, 5.74) is 8.59. The number of rotatable bonds is 4. The van der Waals surface area contributed by atoms with Gasteiger partial charge in [0.25, 0.3) is 10.1 Å². The average Bonchev–Trinajstić information content (AvgIpc) is 2.59. The van der Waals surface area contributed by atoms with Crippen LogP contribution in [-0.2, 0) is 10.1 Å². The summed E-state index contributed by atoms with van der Waals surface area (Å²) in [5, 5.41) is 13.2. The van der Waals surface area contributed by atoms with E-state index in [1.165, 1.54) is 18.2 Å². The van der Waals surface area contributed by atoms with E-state index in [1.807, 2.05) is 24.3 Å². The van der Waals surface area contributed by atoms with Gasteiger partial charge >= 0.3 is 0 Å². The van der Waals surface area contributed by atoms with Gasteiger partial charge < -0.3 is 0 Å². The molecule has 0 saturated heterocycles. The Balaban J connectivity index is 2.05. The Labute approximate surface area is 137 Å². The van der Waals surface area contributed by atoms with E-state index in [0.29, 0.717) is 17.1 Å².